The summed E-state index contributed by atoms with van der Waals surface area (Å²) in [4.78, 5) is 28.9. The summed E-state index contributed by atoms with van der Waals surface area (Å²) in [6, 6.07) is 9.63. The summed E-state index contributed by atoms with van der Waals surface area (Å²) in [6.45, 7) is 3.77. The lowest BCUT2D eigenvalue weighted by molar-refractivity contribution is -0.129. The Morgan fingerprint density at radius 1 is 1.24 bits per heavy atom. The van der Waals surface area contributed by atoms with Gasteiger partial charge in [-0.25, -0.2) is 13.6 Å². The van der Waals surface area contributed by atoms with E-state index in [-0.39, 0.29) is 17.9 Å². The molecule has 1 aliphatic rings. The Morgan fingerprint density at radius 3 is 2.74 bits per heavy atom. The summed E-state index contributed by atoms with van der Waals surface area (Å²) in [5.74, 6) is -1.45. The molecule has 0 aliphatic carbocycles. The number of nitrogens with one attached hydrogen (secondary N) is 2. The Hall–Kier alpha value is -3.26. The Labute approximate surface area is 197 Å². The van der Waals surface area contributed by atoms with Gasteiger partial charge in [0, 0.05) is 42.7 Å². The molecule has 1 aliphatic heterocycles. The average Bonchev–Trinajstić information content (AvgIpc) is 3.33. The molecule has 1 unspecified atom stereocenters. The van der Waals surface area contributed by atoms with E-state index >= 15 is 0 Å². The number of fused-ring (bicyclic) bond motifs is 1. The second kappa shape index (κ2) is 10.3. The highest BCUT2D eigenvalue weighted by Crippen LogP contribution is 2.28. The van der Waals surface area contributed by atoms with E-state index in [1.54, 1.807) is 12.1 Å². The van der Waals surface area contributed by atoms with Gasteiger partial charge in [-0.3, -0.25) is 4.79 Å². The maximum absolute atomic E-state index is 14.1. The molecular formula is C26H29F2N3O3. The van der Waals surface area contributed by atoms with Crippen molar-refractivity contribution >= 4 is 22.8 Å². The van der Waals surface area contributed by atoms with Crippen molar-refractivity contribution in [2.24, 2.45) is 0 Å². The van der Waals surface area contributed by atoms with Gasteiger partial charge in [0.2, 0.25) is 5.91 Å². The molecule has 1 fully saturated rings. The minimum atomic E-state index is -0.606. The number of benzene rings is 2. The Morgan fingerprint density at radius 2 is 2.00 bits per heavy atom. The number of aryl methyl sites for hydroxylation is 1. The van der Waals surface area contributed by atoms with E-state index in [0.29, 0.717) is 42.4 Å². The number of nitrogens with zero attached hydrogens (tertiary/aromatic N) is 1. The molecule has 2 aromatic carbocycles. The highest BCUT2D eigenvalue weighted by Gasteiger charge is 2.30. The molecule has 1 saturated heterocycles. The molecule has 6 nitrogen and oxygen atoms in total. The number of aromatic amines is 1. The van der Waals surface area contributed by atoms with Crippen molar-refractivity contribution in [2.45, 2.75) is 45.2 Å². The zero-order valence-corrected chi connectivity index (χ0v) is 19.4. The van der Waals surface area contributed by atoms with Crippen LogP contribution in [0.1, 0.15) is 46.4 Å². The summed E-state index contributed by atoms with van der Waals surface area (Å²) in [7, 11) is 1.36. The molecule has 1 aromatic heterocycles. The van der Waals surface area contributed by atoms with Crippen LogP contribution >= 0.6 is 0 Å². The van der Waals surface area contributed by atoms with Crippen molar-refractivity contribution < 1.29 is 23.1 Å². The topological polar surface area (TPSA) is 74.4 Å². The van der Waals surface area contributed by atoms with Crippen LogP contribution in [0.3, 0.4) is 0 Å². The fraction of sp³-hybridized carbons (Fsp3) is 0.385. The Bertz CT molecular complexity index is 1190. The zero-order chi connectivity index (χ0) is 24.2. The lowest BCUT2D eigenvalue weighted by Crippen LogP contribution is -2.36. The third-order valence-electron chi connectivity index (χ3n) is 6.56. The second-order valence-electron chi connectivity index (χ2n) is 8.72. The summed E-state index contributed by atoms with van der Waals surface area (Å²) in [5, 5.41) is 3.94. The summed E-state index contributed by atoms with van der Waals surface area (Å²) in [5.41, 5.74) is 3.52. The first kappa shape index (κ1) is 23.9. The number of carbonyl (C=O) groups excluding carboxylic acids is 2. The molecule has 1 amide bonds. The summed E-state index contributed by atoms with van der Waals surface area (Å²) in [6.07, 6.45) is 2.69. The van der Waals surface area contributed by atoms with Gasteiger partial charge in [-0.15, -0.1) is 0 Å². The maximum atomic E-state index is 14.1. The number of carbonyl (C=O) groups is 2. The van der Waals surface area contributed by atoms with Gasteiger partial charge in [0.15, 0.2) is 0 Å². The van der Waals surface area contributed by atoms with Gasteiger partial charge in [0.25, 0.3) is 0 Å². The van der Waals surface area contributed by atoms with Gasteiger partial charge < -0.3 is 19.9 Å². The number of aromatic nitrogens is 1. The van der Waals surface area contributed by atoms with E-state index in [0.717, 1.165) is 42.3 Å². The van der Waals surface area contributed by atoms with E-state index in [2.05, 4.69) is 10.3 Å². The van der Waals surface area contributed by atoms with Crippen LogP contribution in [-0.4, -0.2) is 48.0 Å². The normalized spacial score (nSPS) is 15.9. The lowest BCUT2D eigenvalue weighted by Gasteiger charge is -2.25. The molecule has 34 heavy (non-hydrogen) atoms. The van der Waals surface area contributed by atoms with Crippen LogP contribution in [0.2, 0.25) is 0 Å². The van der Waals surface area contributed by atoms with Crippen LogP contribution in [0.25, 0.3) is 10.9 Å². The van der Waals surface area contributed by atoms with Gasteiger partial charge in [-0.05, 0) is 62.1 Å². The first-order chi connectivity index (χ1) is 16.4. The van der Waals surface area contributed by atoms with Crippen LogP contribution < -0.4 is 5.32 Å². The fourth-order valence-electron chi connectivity index (χ4n) is 4.74. The number of hydrogen-bond acceptors (Lipinski definition) is 4. The van der Waals surface area contributed by atoms with Gasteiger partial charge in [0.05, 0.1) is 18.2 Å². The highest BCUT2D eigenvalue weighted by atomic mass is 19.1. The van der Waals surface area contributed by atoms with E-state index < -0.39 is 11.6 Å². The van der Waals surface area contributed by atoms with E-state index in [1.165, 1.54) is 13.2 Å². The van der Waals surface area contributed by atoms with Crippen molar-refractivity contribution in [3.05, 3.63) is 70.4 Å². The third kappa shape index (κ3) is 5.12. The molecule has 8 heteroatoms. The van der Waals surface area contributed by atoms with Crippen molar-refractivity contribution in [2.75, 3.05) is 20.2 Å². The predicted octanol–water partition coefficient (Wildman–Crippen LogP) is 4.25. The average molecular weight is 470 g/mol. The molecule has 0 saturated carbocycles. The molecule has 0 radical (unpaired) electrons. The number of likely N-dealkylation sites (tertiary alicyclic amines) is 1. The number of halogens is 2. The van der Waals surface area contributed by atoms with Gasteiger partial charge in [0.1, 0.15) is 11.6 Å². The van der Waals surface area contributed by atoms with Crippen LogP contribution in [-0.2, 0) is 22.5 Å². The predicted molar refractivity (Wildman–Crippen MR) is 125 cm³/mol. The van der Waals surface area contributed by atoms with Crippen LogP contribution in [0.15, 0.2) is 36.4 Å². The Kier molecular flexibility index (Phi) is 7.26. The van der Waals surface area contributed by atoms with Crippen molar-refractivity contribution in [3.63, 3.8) is 0 Å². The highest BCUT2D eigenvalue weighted by molar-refractivity contribution is 5.89. The number of rotatable bonds is 9. The number of hydrogen-bond donors (Lipinski definition) is 2. The molecular weight excluding hydrogens is 440 g/mol. The van der Waals surface area contributed by atoms with Gasteiger partial charge >= 0.3 is 5.97 Å². The Balaban J connectivity index is 1.31. The number of methoxy groups -OCH3 is 1. The third-order valence-corrected chi connectivity index (χ3v) is 6.56. The molecule has 1 atom stereocenters. The van der Waals surface area contributed by atoms with Crippen LogP contribution in [0, 0.1) is 18.6 Å². The molecule has 2 heterocycles. The van der Waals surface area contributed by atoms with Crippen molar-refractivity contribution in [1.82, 2.24) is 15.2 Å². The zero-order valence-electron chi connectivity index (χ0n) is 19.4. The van der Waals surface area contributed by atoms with Crippen molar-refractivity contribution in [3.8, 4) is 0 Å². The molecule has 0 spiro atoms. The minimum absolute atomic E-state index is 0.123. The van der Waals surface area contributed by atoms with E-state index in [4.69, 9.17) is 4.74 Å². The quantitative estimate of drug-likeness (QED) is 0.363. The van der Waals surface area contributed by atoms with E-state index in [1.807, 2.05) is 24.0 Å². The van der Waals surface area contributed by atoms with Gasteiger partial charge in [-0.1, -0.05) is 12.1 Å². The summed E-state index contributed by atoms with van der Waals surface area (Å²) < 4.78 is 32.6. The first-order valence-electron chi connectivity index (χ1n) is 11.5. The van der Waals surface area contributed by atoms with Gasteiger partial charge in [-0.2, -0.15) is 0 Å². The second-order valence-corrected chi connectivity index (χ2v) is 8.72. The smallest absolute Gasteiger partial charge is 0.337 e. The minimum Gasteiger partial charge on any atom is -0.465 e. The summed E-state index contributed by atoms with van der Waals surface area (Å²) >= 11 is 0. The molecule has 4 rings (SSSR count). The molecule has 2 N–H and O–H groups in total. The molecule has 180 valence electrons. The largest absolute Gasteiger partial charge is 0.465 e. The van der Waals surface area contributed by atoms with Crippen LogP contribution in [0.5, 0.6) is 0 Å². The maximum Gasteiger partial charge on any atom is 0.337 e. The fourth-order valence-corrected chi connectivity index (χ4v) is 4.74. The number of amides is 1. The standard InChI is InChI=1S/C26H29F2N3O3/c1-16-21(22-13-19(27)14-23(28)25(22)30-16)10-12-31-20(7-8-24(31)32)9-11-29-15-17-3-5-18(6-4-17)26(33)34-2/h3-6,13-14,20,29-30H,7-12,15H2,1-2H3. The van der Waals surface area contributed by atoms with Crippen LogP contribution in [0.4, 0.5) is 8.78 Å². The number of H-pyrrole nitrogens is 1. The lowest BCUT2D eigenvalue weighted by atomic mass is 10.1. The van der Waals surface area contributed by atoms with Crippen molar-refractivity contribution in [1.29, 1.82) is 0 Å². The number of esters is 1. The monoisotopic (exact) mass is 469 g/mol. The molecule has 3 aromatic rings. The number of ether oxygens (including phenoxy) is 1. The van der Waals surface area contributed by atoms with E-state index in [9.17, 15) is 18.4 Å². The first-order valence-corrected chi connectivity index (χ1v) is 11.5. The SMILES string of the molecule is COC(=O)c1ccc(CNCCC2CCC(=O)N2CCc2c(C)[nH]c3c(F)cc(F)cc23)cc1. The molecule has 0 bridgehead atoms.